The normalized spacial score (nSPS) is 16.2. The van der Waals surface area contributed by atoms with Gasteiger partial charge in [0.05, 0.1) is 39.0 Å². The number of hydrogen-bond donors (Lipinski definition) is 1. The molecule has 7 heteroatoms. The van der Waals surface area contributed by atoms with E-state index in [9.17, 15) is 9.59 Å². The fourth-order valence-electron chi connectivity index (χ4n) is 3.58. The predicted molar refractivity (Wildman–Crippen MR) is 112 cm³/mol. The zero-order valence-electron chi connectivity index (χ0n) is 17.6. The van der Waals surface area contributed by atoms with Crippen molar-refractivity contribution in [1.29, 1.82) is 0 Å². The Morgan fingerprint density at radius 1 is 1.07 bits per heavy atom. The molecule has 2 aromatic rings. The summed E-state index contributed by atoms with van der Waals surface area (Å²) >= 11 is 0. The summed E-state index contributed by atoms with van der Waals surface area (Å²) in [5, 5.41) is 2.94. The molecule has 0 radical (unpaired) electrons. The van der Waals surface area contributed by atoms with E-state index in [1.165, 1.54) is 14.2 Å². The van der Waals surface area contributed by atoms with E-state index in [1.54, 1.807) is 36.9 Å². The van der Waals surface area contributed by atoms with E-state index in [0.29, 0.717) is 34.9 Å². The molecular weight excluding hydrogens is 384 g/mol. The van der Waals surface area contributed by atoms with Crippen LogP contribution >= 0.6 is 0 Å². The number of rotatable bonds is 7. The SMILES string of the molecule is CCOC(=O)C1=C(C)N(Cc2ccccc2)C(=O)NC1c1cccc(OC)c1OC. The molecule has 7 nitrogen and oxygen atoms in total. The summed E-state index contributed by atoms with van der Waals surface area (Å²) in [5.41, 5.74) is 2.47. The maximum absolute atomic E-state index is 13.0. The van der Waals surface area contributed by atoms with Gasteiger partial charge in [0.1, 0.15) is 0 Å². The van der Waals surface area contributed by atoms with Crippen molar-refractivity contribution in [2.45, 2.75) is 26.4 Å². The number of allylic oxidation sites excluding steroid dienone is 1. The second-order valence-corrected chi connectivity index (χ2v) is 6.76. The Morgan fingerprint density at radius 3 is 2.43 bits per heavy atom. The van der Waals surface area contributed by atoms with Crippen molar-refractivity contribution < 1.29 is 23.8 Å². The largest absolute Gasteiger partial charge is 0.493 e. The van der Waals surface area contributed by atoms with E-state index in [4.69, 9.17) is 14.2 Å². The summed E-state index contributed by atoms with van der Waals surface area (Å²) in [6, 6.07) is 13.9. The van der Waals surface area contributed by atoms with Crippen molar-refractivity contribution in [1.82, 2.24) is 10.2 Å². The number of benzene rings is 2. The van der Waals surface area contributed by atoms with Crippen LogP contribution in [0, 0.1) is 0 Å². The standard InChI is InChI=1S/C23H26N2O5/c1-5-30-22(26)19-15(2)25(14-16-10-7-6-8-11-16)23(27)24-20(19)17-12-9-13-18(28-3)21(17)29-4/h6-13,20H,5,14H2,1-4H3,(H,24,27). The van der Waals surface area contributed by atoms with Crippen LogP contribution in [0.3, 0.4) is 0 Å². The summed E-state index contributed by atoms with van der Waals surface area (Å²) in [4.78, 5) is 27.5. The highest BCUT2D eigenvalue weighted by atomic mass is 16.5. The third-order valence-corrected chi connectivity index (χ3v) is 5.02. The molecule has 0 saturated carbocycles. The molecule has 0 aromatic heterocycles. The molecule has 1 unspecified atom stereocenters. The average molecular weight is 410 g/mol. The number of carbonyl (C=O) groups is 2. The lowest BCUT2D eigenvalue weighted by Crippen LogP contribution is -2.47. The predicted octanol–water partition coefficient (Wildman–Crippen LogP) is 3.81. The van der Waals surface area contributed by atoms with E-state index >= 15 is 0 Å². The van der Waals surface area contributed by atoms with Crippen LogP contribution in [-0.4, -0.2) is 37.7 Å². The fourth-order valence-corrected chi connectivity index (χ4v) is 3.58. The second kappa shape index (κ2) is 9.35. The number of carbonyl (C=O) groups excluding carboxylic acids is 2. The Morgan fingerprint density at radius 2 is 1.80 bits per heavy atom. The fraction of sp³-hybridized carbons (Fsp3) is 0.304. The quantitative estimate of drug-likeness (QED) is 0.703. The topological polar surface area (TPSA) is 77.1 Å². The van der Waals surface area contributed by atoms with Crippen molar-refractivity contribution in [2.24, 2.45) is 0 Å². The minimum Gasteiger partial charge on any atom is -0.493 e. The molecule has 0 aliphatic carbocycles. The summed E-state index contributed by atoms with van der Waals surface area (Å²) in [6.07, 6.45) is 0. The van der Waals surface area contributed by atoms with Crippen LogP contribution in [0.25, 0.3) is 0 Å². The molecule has 2 amide bonds. The molecule has 0 spiro atoms. The van der Waals surface area contributed by atoms with Crippen molar-refractivity contribution in [3.63, 3.8) is 0 Å². The van der Waals surface area contributed by atoms with Crippen molar-refractivity contribution in [3.05, 3.63) is 70.9 Å². The molecule has 1 aliphatic heterocycles. The molecule has 1 atom stereocenters. The van der Waals surface area contributed by atoms with Crippen LogP contribution in [0.1, 0.15) is 31.0 Å². The third-order valence-electron chi connectivity index (χ3n) is 5.02. The third kappa shape index (κ3) is 4.10. The minimum absolute atomic E-state index is 0.226. The van der Waals surface area contributed by atoms with Gasteiger partial charge < -0.3 is 19.5 Å². The number of para-hydroxylation sites is 1. The molecule has 0 bridgehead atoms. The molecule has 2 aromatic carbocycles. The van der Waals surface area contributed by atoms with Gasteiger partial charge in [-0.1, -0.05) is 42.5 Å². The number of urea groups is 1. The summed E-state index contributed by atoms with van der Waals surface area (Å²) in [6.45, 7) is 4.07. The van der Waals surface area contributed by atoms with Gasteiger partial charge in [0.2, 0.25) is 0 Å². The number of amides is 2. The average Bonchev–Trinajstić information content (AvgIpc) is 2.76. The lowest BCUT2D eigenvalue weighted by atomic mass is 9.93. The Hall–Kier alpha value is -3.48. The Kier molecular flexibility index (Phi) is 6.61. The lowest BCUT2D eigenvalue weighted by Gasteiger charge is -2.36. The molecule has 3 rings (SSSR count). The highest BCUT2D eigenvalue weighted by Gasteiger charge is 2.38. The first-order chi connectivity index (χ1) is 14.5. The molecule has 158 valence electrons. The smallest absolute Gasteiger partial charge is 0.338 e. The maximum Gasteiger partial charge on any atom is 0.338 e. The van der Waals surface area contributed by atoms with E-state index in [-0.39, 0.29) is 12.6 Å². The minimum atomic E-state index is -0.728. The van der Waals surface area contributed by atoms with Crippen LogP contribution in [0.5, 0.6) is 11.5 Å². The van der Waals surface area contributed by atoms with Gasteiger partial charge in [0.25, 0.3) is 0 Å². The molecular formula is C23H26N2O5. The van der Waals surface area contributed by atoms with Crippen LogP contribution < -0.4 is 14.8 Å². The molecule has 1 N–H and O–H groups in total. The Bertz CT molecular complexity index is 955. The van der Waals surface area contributed by atoms with Gasteiger partial charge in [-0.2, -0.15) is 0 Å². The van der Waals surface area contributed by atoms with E-state index < -0.39 is 12.0 Å². The Labute approximate surface area is 176 Å². The number of esters is 1. The monoisotopic (exact) mass is 410 g/mol. The van der Waals surface area contributed by atoms with Crippen LogP contribution in [0.2, 0.25) is 0 Å². The summed E-state index contributed by atoms with van der Waals surface area (Å²) in [5.74, 6) is 0.483. The van der Waals surface area contributed by atoms with E-state index in [0.717, 1.165) is 5.56 Å². The Balaban J connectivity index is 2.10. The van der Waals surface area contributed by atoms with E-state index in [2.05, 4.69) is 5.32 Å². The van der Waals surface area contributed by atoms with Gasteiger partial charge in [-0.3, -0.25) is 4.90 Å². The first kappa shape index (κ1) is 21.2. The zero-order valence-corrected chi connectivity index (χ0v) is 17.6. The summed E-state index contributed by atoms with van der Waals surface area (Å²) in [7, 11) is 3.06. The van der Waals surface area contributed by atoms with Gasteiger partial charge in [0.15, 0.2) is 11.5 Å². The van der Waals surface area contributed by atoms with Crippen LogP contribution in [0.15, 0.2) is 59.8 Å². The summed E-state index contributed by atoms with van der Waals surface area (Å²) < 4.78 is 16.2. The van der Waals surface area contributed by atoms with Gasteiger partial charge >= 0.3 is 12.0 Å². The highest BCUT2D eigenvalue weighted by molar-refractivity contribution is 5.95. The number of ether oxygens (including phenoxy) is 3. The molecule has 0 saturated heterocycles. The van der Waals surface area contributed by atoms with Gasteiger partial charge in [-0.25, -0.2) is 9.59 Å². The number of hydrogen-bond acceptors (Lipinski definition) is 5. The first-order valence-electron chi connectivity index (χ1n) is 9.72. The van der Waals surface area contributed by atoms with Crippen molar-refractivity contribution in [3.8, 4) is 11.5 Å². The van der Waals surface area contributed by atoms with Crippen molar-refractivity contribution in [2.75, 3.05) is 20.8 Å². The van der Waals surface area contributed by atoms with Crippen LogP contribution in [0.4, 0.5) is 4.79 Å². The number of methoxy groups -OCH3 is 2. The molecule has 30 heavy (non-hydrogen) atoms. The number of nitrogens with one attached hydrogen (secondary N) is 1. The highest BCUT2D eigenvalue weighted by Crippen LogP contribution is 2.40. The van der Waals surface area contributed by atoms with Gasteiger partial charge in [-0.05, 0) is 25.5 Å². The van der Waals surface area contributed by atoms with Gasteiger partial charge in [0, 0.05) is 11.3 Å². The van der Waals surface area contributed by atoms with Crippen LogP contribution in [-0.2, 0) is 16.1 Å². The molecule has 0 fully saturated rings. The molecule has 1 heterocycles. The van der Waals surface area contributed by atoms with Gasteiger partial charge in [-0.15, -0.1) is 0 Å². The zero-order chi connectivity index (χ0) is 21.7. The van der Waals surface area contributed by atoms with E-state index in [1.807, 2.05) is 30.3 Å². The molecule has 1 aliphatic rings. The maximum atomic E-state index is 13.0. The first-order valence-corrected chi connectivity index (χ1v) is 9.72. The lowest BCUT2D eigenvalue weighted by molar-refractivity contribution is -0.139. The second-order valence-electron chi connectivity index (χ2n) is 6.76. The van der Waals surface area contributed by atoms with Crippen molar-refractivity contribution >= 4 is 12.0 Å². The number of nitrogens with zero attached hydrogens (tertiary/aromatic N) is 1.